The molecule has 2 aromatic heterocycles. The van der Waals surface area contributed by atoms with Crippen molar-refractivity contribution >= 4 is 16.5 Å². The van der Waals surface area contributed by atoms with Gasteiger partial charge in [0.25, 0.3) is 11.1 Å². The van der Waals surface area contributed by atoms with Crippen molar-refractivity contribution < 1.29 is 0 Å². The molecule has 2 aromatic rings. The van der Waals surface area contributed by atoms with Crippen LogP contribution in [0.3, 0.4) is 0 Å². The lowest BCUT2D eigenvalue weighted by molar-refractivity contribution is 0.623. The molecule has 0 aliphatic rings. The first-order chi connectivity index (χ1) is 9.52. The predicted molar refractivity (Wildman–Crippen MR) is 80.8 cm³/mol. The summed E-state index contributed by atoms with van der Waals surface area (Å²) in [6.45, 7) is 6.61. The maximum absolute atomic E-state index is 12.1. The van der Waals surface area contributed by atoms with E-state index >= 15 is 0 Å². The summed E-state index contributed by atoms with van der Waals surface area (Å²) in [7, 11) is 0. The van der Waals surface area contributed by atoms with Gasteiger partial charge in [-0.15, -0.1) is 11.3 Å². The zero-order chi connectivity index (χ0) is 14.7. The molecule has 7 heteroatoms. The summed E-state index contributed by atoms with van der Waals surface area (Å²) in [5, 5.41) is 6.62. The molecule has 0 atom stereocenters. The first-order valence-electron chi connectivity index (χ1n) is 6.51. The Balaban J connectivity index is 2.24. The van der Waals surface area contributed by atoms with E-state index in [1.165, 1.54) is 16.0 Å². The van der Waals surface area contributed by atoms with E-state index in [2.05, 4.69) is 22.3 Å². The van der Waals surface area contributed by atoms with Gasteiger partial charge in [0.15, 0.2) is 5.13 Å². The zero-order valence-electron chi connectivity index (χ0n) is 11.8. The molecule has 108 valence electrons. The fraction of sp³-hybridized carbons (Fsp3) is 0.462. The number of rotatable bonds is 5. The fourth-order valence-corrected chi connectivity index (χ4v) is 2.58. The van der Waals surface area contributed by atoms with E-state index in [4.69, 9.17) is 0 Å². The molecular weight excluding hydrogens is 276 g/mol. The second kappa shape index (κ2) is 6.04. The number of anilines is 1. The van der Waals surface area contributed by atoms with Gasteiger partial charge in [0.1, 0.15) is 0 Å². The van der Waals surface area contributed by atoms with Crippen LogP contribution < -0.4 is 16.4 Å². The Kier molecular flexibility index (Phi) is 4.39. The molecule has 0 fully saturated rings. The first-order valence-corrected chi connectivity index (χ1v) is 7.33. The molecule has 0 aliphatic heterocycles. The van der Waals surface area contributed by atoms with Gasteiger partial charge in [-0.25, -0.2) is 9.67 Å². The quantitative estimate of drug-likeness (QED) is 0.875. The van der Waals surface area contributed by atoms with E-state index in [0.29, 0.717) is 17.7 Å². The minimum Gasteiger partial charge on any atom is -0.362 e. The molecule has 2 rings (SSSR count). The third-order valence-electron chi connectivity index (χ3n) is 3.10. The van der Waals surface area contributed by atoms with Crippen molar-refractivity contribution in [1.82, 2.24) is 14.8 Å². The van der Waals surface area contributed by atoms with Gasteiger partial charge in [-0.3, -0.25) is 14.7 Å². The van der Waals surface area contributed by atoms with Crippen LogP contribution in [-0.2, 0) is 6.54 Å². The van der Waals surface area contributed by atoms with Gasteiger partial charge in [0.05, 0.1) is 6.54 Å². The van der Waals surface area contributed by atoms with Crippen LogP contribution in [0.25, 0.3) is 0 Å². The molecule has 0 spiro atoms. The topological polar surface area (TPSA) is 79.8 Å². The van der Waals surface area contributed by atoms with Gasteiger partial charge in [0, 0.05) is 28.7 Å². The number of nitrogens with one attached hydrogen (secondary N) is 2. The van der Waals surface area contributed by atoms with Gasteiger partial charge in [0.2, 0.25) is 0 Å². The van der Waals surface area contributed by atoms with Gasteiger partial charge in [-0.1, -0.05) is 6.92 Å². The van der Waals surface area contributed by atoms with Crippen LogP contribution >= 0.6 is 11.3 Å². The van der Waals surface area contributed by atoms with Crippen molar-refractivity contribution in [2.45, 2.75) is 33.7 Å². The average Bonchev–Trinajstić information content (AvgIpc) is 2.87. The number of thiazole rings is 1. The third kappa shape index (κ3) is 2.98. The van der Waals surface area contributed by atoms with Crippen LogP contribution in [0.2, 0.25) is 0 Å². The second-order valence-corrected chi connectivity index (χ2v) is 5.76. The number of hydrogen-bond donors (Lipinski definition) is 2. The van der Waals surface area contributed by atoms with Gasteiger partial charge in [-0.05, 0) is 20.3 Å². The first kappa shape index (κ1) is 14.5. The molecule has 0 aromatic carbocycles. The monoisotopic (exact) mass is 294 g/mol. The molecule has 6 nitrogen and oxygen atoms in total. The van der Waals surface area contributed by atoms with Gasteiger partial charge < -0.3 is 5.32 Å². The smallest absolute Gasteiger partial charge is 0.268 e. The SMILES string of the molecule is CCCNc1ncc(Cn2[nH]c(=O)c(C)c(C)c2=O)s1. The Morgan fingerprint density at radius 2 is 2.10 bits per heavy atom. The summed E-state index contributed by atoms with van der Waals surface area (Å²) in [5.41, 5.74) is 0.568. The van der Waals surface area contributed by atoms with E-state index in [1.807, 2.05) is 0 Å². The Bertz CT molecular complexity index is 714. The van der Waals surface area contributed by atoms with E-state index in [0.717, 1.165) is 23.0 Å². The van der Waals surface area contributed by atoms with Crippen molar-refractivity contribution in [3.05, 3.63) is 42.9 Å². The predicted octanol–water partition coefficient (Wildman–Crippen LogP) is 1.48. The molecule has 20 heavy (non-hydrogen) atoms. The number of H-pyrrole nitrogens is 1. The van der Waals surface area contributed by atoms with E-state index in [1.54, 1.807) is 20.0 Å². The highest BCUT2D eigenvalue weighted by molar-refractivity contribution is 7.15. The van der Waals surface area contributed by atoms with Crippen LogP contribution in [-0.4, -0.2) is 21.3 Å². The number of hydrogen-bond acceptors (Lipinski definition) is 5. The largest absolute Gasteiger partial charge is 0.362 e. The number of nitrogens with zero attached hydrogens (tertiary/aromatic N) is 2. The van der Waals surface area contributed by atoms with Crippen molar-refractivity contribution in [2.75, 3.05) is 11.9 Å². The standard InChI is InChI=1S/C13H18N4O2S/c1-4-5-14-13-15-6-10(20-13)7-17-12(19)9(3)8(2)11(18)16-17/h6H,4-5,7H2,1-3H3,(H,14,15)(H,16,18). The van der Waals surface area contributed by atoms with Crippen LogP contribution in [0.15, 0.2) is 15.8 Å². The normalized spacial score (nSPS) is 10.8. The van der Waals surface area contributed by atoms with Crippen LogP contribution in [0, 0.1) is 13.8 Å². The van der Waals surface area contributed by atoms with Crippen molar-refractivity contribution in [3.8, 4) is 0 Å². The lowest BCUT2D eigenvalue weighted by atomic mass is 10.2. The summed E-state index contributed by atoms with van der Waals surface area (Å²) in [5.74, 6) is 0. The maximum Gasteiger partial charge on any atom is 0.268 e. The highest BCUT2D eigenvalue weighted by atomic mass is 32.1. The summed E-state index contributed by atoms with van der Waals surface area (Å²) in [6, 6.07) is 0. The number of aromatic nitrogens is 3. The van der Waals surface area contributed by atoms with Crippen molar-refractivity contribution in [1.29, 1.82) is 0 Å². The molecule has 0 bridgehead atoms. The molecule has 0 unspecified atom stereocenters. The lowest BCUT2D eigenvalue weighted by Gasteiger charge is -2.06. The minimum atomic E-state index is -0.226. The van der Waals surface area contributed by atoms with Gasteiger partial charge in [-0.2, -0.15) is 0 Å². The zero-order valence-corrected chi connectivity index (χ0v) is 12.6. The van der Waals surface area contributed by atoms with Crippen molar-refractivity contribution in [3.63, 3.8) is 0 Å². The molecule has 0 saturated heterocycles. The third-order valence-corrected chi connectivity index (χ3v) is 4.04. The Hall–Kier alpha value is -1.89. The van der Waals surface area contributed by atoms with Gasteiger partial charge >= 0.3 is 0 Å². The Morgan fingerprint density at radius 1 is 1.35 bits per heavy atom. The fourth-order valence-electron chi connectivity index (χ4n) is 1.75. The molecule has 0 amide bonds. The van der Waals surface area contributed by atoms with Crippen LogP contribution in [0.4, 0.5) is 5.13 Å². The van der Waals surface area contributed by atoms with E-state index < -0.39 is 0 Å². The highest BCUT2D eigenvalue weighted by Crippen LogP contribution is 2.18. The van der Waals surface area contributed by atoms with E-state index in [9.17, 15) is 9.59 Å². The minimum absolute atomic E-state index is 0.168. The van der Waals surface area contributed by atoms with Crippen molar-refractivity contribution in [2.24, 2.45) is 0 Å². The Labute approximate surface area is 120 Å². The maximum atomic E-state index is 12.1. The second-order valence-electron chi connectivity index (χ2n) is 4.64. The molecular formula is C13H18N4O2S. The molecule has 2 N–H and O–H groups in total. The molecule has 0 aliphatic carbocycles. The molecule has 0 saturated carbocycles. The van der Waals surface area contributed by atoms with Crippen LogP contribution in [0.1, 0.15) is 29.3 Å². The molecule has 2 heterocycles. The lowest BCUT2D eigenvalue weighted by Crippen LogP contribution is -2.33. The van der Waals surface area contributed by atoms with E-state index in [-0.39, 0.29) is 11.1 Å². The summed E-state index contributed by atoms with van der Waals surface area (Å²) in [4.78, 5) is 29.0. The summed E-state index contributed by atoms with van der Waals surface area (Å²) in [6.07, 6.45) is 2.75. The highest BCUT2D eigenvalue weighted by Gasteiger charge is 2.09. The van der Waals surface area contributed by atoms with Crippen LogP contribution in [0.5, 0.6) is 0 Å². The average molecular weight is 294 g/mol. The summed E-state index contributed by atoms with van der Waals surface area (Å²) >= 11 is 1.49. The summed E-state index contributed by atoms with van der Waals surface area (Å²) < 4.78 is 1.34. The molecule has 0 radical (unpaired) electrons. The Morgan fingerprint density at radius 3 is 2.80 bits per heavy atom. The number of aromatic amines is 1.